The number of nitrogens with zero attached hydrogens (tertiary/aromatic N) is 1. The van der Waals surface area contributed by atoms with E-state index in [4.69, 9.17) is 4.74 Å². The molecule has 0 saturated carbocycles. The van der Waals surface area contributed by atoms with E-state index < -0.39 is 11.5 Å². The summed E-state index contributed by atoms with van der Waals surface area (Å²) in [4.78, 5) is 24.2. The van der Waals surface area contributed by atoms with Crippen LogP contribution in [0, 0.1) is 0 Å². The van der Waals surface area contributed by atoms with Crippen LogP contribution in [0.4, 0.5) is 0 Å². The predicted molar refractivity (Wildman–Crippen MR) is 88.2 cm³/mol. The fraction of sp³-hybridized carbons (Fsp3) is 0.250. The molecule has 0 bridgehead atoms. The lowest BCUT2D eigenvalue weighted by molar-refractivity contribution is 0.0693. The SMILES string of the molecule is COc1ccccc1-n1cc2c(c(C(=O)O)c1=O)CCNC2.Cl. The third-order valence-electron chi connectivity index (χ3n) is 3.83. The second-order valence-corrected chi connectivity index (χ2v) is 5.09. The summed E-state index contributed by atoms with van der Waals surface area (Å²) < 4.78 is 6.63. The highest BCUT2D eigenvalue weighted by molar-refractivity contribution is 5.89. The van der Waals surface area contributed by atoms with Gasteiger partial charge in [-0.3, -0.25) is 9.36 Å². The summed E-state index contributed by atoms with van der Waals surface area (Å²) in [6, 6.07) is 7.04. The van der Waals surface area contributed by atoms with Crippen LogP contribution in [0.2, 0.25) is 0 Å². The molecule has 0 fully saturated rings. The number of carbonyl (C=O) groups is 1. The van der Waals surface area contributed by atoms with Gasteiger partial charge in [0.1, 0.15) is 11.3 Å². The largest absolute Gasteiger partial charge is 0.495 e. The molecule has 2 aromatic rings. The fourth-order valence-electron chi connectivity index (χ4n) is 2.81. The number of aromatic nitrogens is 1. The molecule has 0 amide bonds. The van der Waals surface area contributed by atoms with Crippen molar-refractivity contribution in [3.05, 3.63) is 57.5 Å². The van der Waals surface area contributed by atoms with Gasteiger partial charge in [0, 0.05) is 12.7 Å². The topological polar surface area (TPSA) is 80.6 Å². The molecule has 0 radical (unpaired) electrons. The Labute approximate surface area is 139 Å². The molecular formula is C16H17ClN2O4. The molecular weight excluding hydrogens is 320 g/mol. The number of carboxylic acid groups (broad SMARTS) is 1. The van der Waals surface area contributed by atoms with Gasteiger partial charge in [0.25, 0.3) is 5.56 Å². The quantitative estimate of drug-likeness (QED) is 0.890. The van der Waals surface area contributed by atoms with Gasteiger partial charge >= 0.3 is 5.97 Å². The second-order valence-electron chi connectivity index (χ2n) is 5.09. The number of methoxy groups -OCH3 is 1. The lowest BCUT2D eigenvalue weighted by atomic mass is 9.97. The van der Waals surface area contributed by atoms with E-state index in [2.05, 4.69) is 5.32 Å². The Bertz CT molecular complexity index is 801. The fourth-order valence-corrected chi connectivity index (χ4v) is 2.81. The monoisotopic (exact) mass is 336 g/mol. The van der Waals surface area contributed by atoms with E-state index >= 15 is 0 Å². The van der Waals surface area contributed by atoms with Crippen LogP contribution in [-0.4, -0.2) is 29.3 Å². The minimum atomic E-state index is -1.19. The molecule has 7 heteroatoms. The van der Waals surface area contributed by atoms with Crippen LogP contribution in [0.5, 0.6) is 5.75 Å². The molecule has 122 valence electrons. The Morgan fingerprint density at radius 3 is 2.78 bits per heavy atom. The first kappa shape index (κ1) is 17.1. The Morgan fingerprint density at radius 1 is 1.35 bits per heavy atom. The van der Waals surface area contributed by atoms with Crippen molar-refractivity contribution in [1.29, 1.82) is 0 Å². The van der Waals surface area contributed by atoms with Gasteiger partial charge in [0.05, 0.1) is 12.8 Å². The van der Waals surface area contributed by atoms with E-state index in [-0.39, 0.29) is 18.0 Å². The van der Waals surface area contributed by atoms with Crippen LogP contribution in [0.3, 0.4) is 0 Å². The van der Waals surface area contributed by atoms with Gasteiger partial charge in [-0.25, -0.2) is 4.79 Å². The van der Waals surface area contributed by atoms with Crippen molar-refractivity contribution in [3.63, 3.8) is 0 Å². The Morgan fingerprint density at radius 2 is 2.09 bits per heavy atom. The molecule has 2 N–H and O–H groups in total. The van der Waals surface area contributed by atoms with Crippen molar-refractivity contribution in [2.24, 2.45) is 0 Å². The van der Waals surface area contributed by atoms with Crippen molar-refractivity contribution in [2.45, 2.75) is 13.0 Å². The first-order chi connectivity index (χ1) is 10.6. The molecule has 3 rings (SSSR count). The molecule has 0 saturated heterocycles. The van der Waals surface area contributed by atoms with Gasteiger partial charge in [0.2, 0.25) is 0 Å². The van der Waals surface area contributed by atoms with Crippen molar-refractivity contribution in [1.82, 2.24) is 9.88 Å². The second kappa shape index (κ2) is 6.85. The molecule has 1 aromatic heterocycles. The maximum absolute atomic E-state index is 12.7. The zero-order valence-electron chi connectivity index (χ0n) is 12.5. The average Bonchev–Trinajstić information content (AvgIpc) is 2.53. The number of carboxylic acids is 1. The zero-order valence-corrected chi connectivity index (χ0v) is 13.4. The number of ether oxygens (including phenoxy) is 1. The highest BCUT2D eigenvalue weighted by atomic mass is 35.5. The number of benzene rings is 1. The standard InChI is InChI=1S/C16H16N2O4.ClH/c1-22-13-5-3-2-4-12(13)18-9-10-8-17-7-6-11(10)14(15(18)19)16(20)21;/h2-5,9,17H,6-8H2,1H3,(H,20,21);1H. The van der Waals surface area contributed by atoms with Crippen LogP contribution in [0.1, 0.15) is 21.5 Å². The minimum Gasteiger partial charge on any atom is -0.495 e. The Balaban J connectivity index is 0.00000192. The third kappa shape index (κ3) is 2.95. The summed E-state index contributed by atoms with van der Waals surface area (Å²) in [5.74, 6) is -0.669. The van der Waals surface area contributed by atoms with Crippen molar-refractivity contribution < 1.29 is 14.6 Å². The summed E-state index contributed by atoms with van der Waals surface area (Å²) >= 11 is 0. The van der Waals surface area contributed by atoms with Gasteiger partial charge in [0.15, 0.2) is 0 Å². The van der Waals surface area contributed by atoms with E-state index in [9.17, 15) is 14.7 Å². The highest BCUT2D eigenvalue weighted by Crippen LogP contribution is 2.23. The number of para-hydroxylation sites is 2. The summed E-state index contributed by atoms with van der Waals surface area (Å²) in [7, 11) is 1.52. The lowest BCUT2D eigenvalue weighted by Gasteiger charge is -2.21. The first-order valence-corrected chi connectivity index (χ1v) is 6.98. The molecule has 0 unspecified atom stereocenters. The highest BCUT2D eigenvalue weighted by Gasteiger charge is 2.24. The maximum Gasteiger partial charge on any atom is 0.341 e. The summed E-state index contributed by atoms with van der Waals surface area (Å²) in [5, 5.41) is 12.6. The number of fused-ring (bicyclic) bond motifs is 1. The van der Waals surface area contributed by atoms with Crippen molar-refractivity contribution >= 4 is 18.4 Å². The van der Waals surface area contributed by atoms with Crippen LogP contribution >= 0.6 is 12.4 Å². The van der Waals surface area contributed by atoms with Crippen LogP contribution in [-0.2, 0) is 13.0 Å². The first-order valence-electron chi connectivity index (χ1n) is 6.98. The van der Waals surface area contributed by atoms with Gasteiger partial charge in [-0.15, -0.1) is 12.4 Å². The van der Waals surface area contributed by atoms with Gasteiger partial charge in [-0.05, 0) is 36.2 Å². The number of halogens is 1. The molecule has 1 aliphatic heterocycles. The van der Waals surface area contributed by atoms with Crippen molar-refractivity contribution in [2.75, 3.05) is 13.7 Å². The smallest absolute Gasteiger partial charge is 0.341 e. The minimum absolute atomic E-state index is 0. The zero-order chi connectivity index (χ0) is 15.7. The van der Waals surface area contributed by atoms with E-state index in [0.717, 1.165) is 5.56 Å². The van der Waals surface area contributed by atoms with E-state index in [1.165, 1.54) is 11.7 Å². The van der Waals surface area contributed by atoms with Gasteiger partial charge in [-0.1, -0.05) is 12.1 Å². The van der Waals surface area contributed by atoms with E-state index in [1.54, 1.807) is 30.5 Å². The van der Waals surface area contributed by atoms with Crippen LogP contribution in [0.15, 0.2) is 35.3 Å². The van der Waals surface area contributed by atoms with Crippen molar-refractivity contribution in [3.8, 4) is 11.4 Å². The maximum atomic E-state index is 12.7. The number of rotatable bonds is 3. The number of aromatic carboxylic acids is 1. The lowest BCUT2D eigenvalue weighted by Crippen LogP contribution is -2.34. The van der Waals surface area contributed by atoms with E-state index in [1.807, 2.05) is 0 Å². The molecule has 2 heterocycles. The molecule has 0 aliphatic carbocycles. The molecule has 23 heavy (non-hydrogen) atoms. The summed E-state index contributed by atoms with van der Waals surface area (Å²) in [5.41, 5.74) is 1.31. The Kier molecular flexibility index (Phi) is 5.08. The van der Waals surface area contributed by atoms with Crippen LogP contribution in [0.25, 0.3) is 5.69 Å². The molecule has 0 spiro atoms. The summed E-state index contributed by atoms with van der Waals surface area (Å²) in [6.45, 7) is 1.22. The Hall–Kier alpha value is -2.31. The molecule has 6 nitrogen and oxygen atoms in total. The van der Waals surface area contributed by atoms with E-state index in [0.29, 0.717) is 36.5 Å². The third-order valence-corrected chi connectivity index (χ3v) is 3.83. The molecule has 0 atom stereocenters. The van der Waals surface area contributed by atoms with Gasteiger partial charge in [-0.2, -0.15) is 0 Å². The molecule has 1 aromatic carbocycles. The van der Waals surface area contributed by atoms with Crippen LogP contribution < -0.4 is 15.6 Å². The molecule has 1 aliphatic rings. The number of hydrogen-bond donors (Lipinski definition) is 2. The number of hydrogen-bond acceptors (Lipinski definition) is 4. The average molecular weight is 337 g/mol. The van der Waals surface area contributed by atoms with Gasteiger partial charge < -0.3 is 15.2 Å². The number of pyridine rings is 1. The number of nitrogens with one attached hydrogen (secondary N) is 1. The summed E-state index contributed by atoms with van der Waals surface area (Å²) in [6.07, 6.45) is 2.24. The normalized spacial score (nSPS) is 12.9. The predicted octanol–water partition coefficient (Wildman–Crippen LogP) is 1.61.